The van der Waals surface area contributed by atoms with Gasteiger partial charge in [-0.2, -0.15) is 0 Å². The number of rotatable bonds is 6. The second-order valence-electron chi connectivity index (χ2n) is 6.24. The molecule has 0 spiro atoms. The predicted octanol–water partition coefficient (Wildman–Crippen LogP) is 2.45. The summed E-state index contributed by atoms with van der Waals surface area (Å²) < 4.78 is 11.0. The maximum Gasteiger partial charge on any atom is 0.330 e. The van der Waals surface area contributed by atoms with Crippen molar-refractivity contribution >= 4 is 11.9 Å². The van der Waals surface area contributed by atoms with Crippen molar-refractivity contribution in [2.45, 2.75) is 31.2 Å². The van der Waals surface area contributed by atoms with E-state index in [2.05, 4.69) is 0 Å². The minimum atomic E-state index is -0.837. The van der Waals surface area contributed by atoms with Crippen LogP contribution in [-0.2, 0) is 14.3 Å². The van der Waals surface area contributed by atoms with Crippen LogP contribution in [0.2, 0.25) is 0 Å². The number of nitrogens with two attached hydrogens (primary N) is 2. The molecule has 1 aliphatic rings. The van der Waals surface area contributed by atoms with Crippen molar-refractivity contribution in [1.29, 1.82) is 0 Å². The molecule has 136 valence electrons. The number of carbonyl (C=O) groups excluding carboxylic acids is 2. The molecule has 0 unspecified atom stereocenters. The highest BCUT2D eigenvalue weighted by Gasteiger charge is 2.35. The van der Waals surface area contributed by atoms with Crippen LogP contribution in [0.1, 0.15) is 36.3 Å². The van der Waals surface area contributed by atoms with E-state index in [9.17, 15) is 9.59 Å². The summed E-state index contributed by atoms with van der Waals surface area (Å²) in [6, 6.07) is 13.6. The first-order valence-electron chi connectivity index (χ1n) is 8.68. The van der Waals surface area contributed by atoms with Crippen molar-refractivity contribution in [2.75, 3.05) is 6.54 Å². The van der Waals surface area contributed by atoms with Crippen molar-refractivity contribution in [3.05, 3.63) is 59.7 Å². The van der Waals surface area contributed by atoms with E-state index >= 15 is 0 Å². The fourth-order valence-electron chi connectivity index (χ4n) is 3.02. The first kappa shape index (κ1) is 18.1. The molecular weight excluding hydrogens is 332 g/mol. The summed E-state index contributed by atoms with van der Waals surface area (Å²) in [5.41, 5.74) is 12.6. The maximum absolute atomic E-state index is 12.8. The molecule has 0 radical (unpaired) electrons. The van der Waals surface area contributed by atoms with Crippen molar-refractivity contribution in [3.63, 3.8) is 0 Å². The van der Waals surface area contributed by atoms with Crippen molar-refractivity contribution < 1.29 is 19.1 Å². The smallest absolute Gasteiger partial charge is 0.330 e. The Bertz CT molecular complexity index is 760. The molecule has 4 N–H and O–H groups in total. The van der Waals surface area contributed by atoms with Gasteiger partial charge in [0.15, 0.2) is 0 Å². The molecule has 2 aromatic carbocycles. The van der Waals surface area contributed by atoms with Crippen molar-refractivity contribution in [3.8, 4) is 11.5 Å². The Kier molecular flexibility index (Phi) is 5.65. The summed E-state index contributed by atoms with van der Waals surface area (Å²) >= 11 is 0. The van der Waals surface area contributed by atoms with Gasteiger partial charge in [0.2, 0.25) is 0 Å². The van der Waals surface area contributed by atoms with Crippen LogP contribution in [0.25, 0.3) is 0 Å². The quantitative estimate of drug-likeness (QED) is 0.469. The first-order chi connectivity index (χ1) is 12.6. The third kappa shape index (κ3) is 3.76. The van der Waals surface area contributed by atoms with Gasteiger partial charge in [-0.25, -0.2) is 4.79 Å². The molecule has 6 nitrogen and oxygen atoms in total. The van der Waals surface area contributed by atoms with Gasteiger partial charge < -0.3 is 20.9 Å². The molecule has 0 saturated heterocycles. The molecule has 1 heterocycles. The van der Waals surface area contributed by atoms with Crippen molar-refractivity contribution in [1.82, 2.24) is 0 Å². The molecule has 26 heavy (non-hydrogen) atoms. The average molecular weight is 354 g/mol. The van der Waals surface area contributed by atoms with E-state index in [-0.39, 0.29) is 0 Å². The highest BCUT2D eigenvalue weighted by atomic mass is 16.6. The largest absolute Gasteiger partial charge is 0.457 e. The molecule has 0 saturated carbocycles. The number of unbranched alkanes of at least 4 members (excludes halogenated alkanes) is 1. The molecular formula is C20H22N2O4. The van der Waals surface area contributed by atoms with Crippen molar-refractivity contribution in [2.24, 2.45) is 11.5 Å². The first-order valence-corrected chi connectivity index (χ1v) is 8.68. The SMILES string of the molecule is NCCCC[C@H](N)C(=O)OC(=O)C1c2ccccc2Oc2ccccc21. The standard InChI is InChI=1S/C20H22N2O4/c21-12-6-5-9-15(22)19(23)26-20(24)18-13-7-1-3-10-16(13)25-17-11-4-2-8-14(17)18/h1-4,7-8,10-11,15,18H,5-6,9,12,21-22H2/t15-/m0/s1. The molecule has 3 rings (SSSR count). The summed E-state index contributed by atoms with van der Waals surface area (Å²) in [5.74, 6) is -0.932. The highest BCUT2D eigenvalue weighted by Crippen LogP contribution is 2.44. The summed E-state index contributed by atoms with van der Waals surface area (Å²) in [6.07, 6.45) is 1.92. The zero-order chi connectivity index (χ0) is 18.5. The van der Waals surface area contributed by atoms with E-state index in [1.165, 1.54) is 0 Å². The van der Waals surface area contributed by atoms with Crippen LogP contribution >= 0.6 is 0 Å². The topological polar surface area (TPSA) is 105 Å². The van der Waals surface area contributed by atoms with Crippen LogP contribution in [0, 0.1) is 0 Å². The van der Waals surface area contributed by atoms with Gasteiger partial charge in [-0.1, -0.05) is 42.8 Å². The molecule has 1 atom stereocenters. The lowest BCUT2D eigenvalue weighted by Crippen LogP contribution is -2.35. The van der Waals surface area contributed by atoms with Gasteiger partial charge in [0.05, 0.1) is 0 Å². The fourth-order valence-corrected chi connectivity index (χ4v) is 3.02. The Morgan fingerprint density at radius 3 is 2.15 bits per heavy atom. The monoisotopic (exact) mass is 354 g/mol. The lowest BCUT2D eigenvalue weighted by Gasteiger charge is -2.26. The van der Waals surface area contributed by atoms with Gasteiger partial charge >= 0.3 is 11.9 Å². The van der Waals surface area contributed by atoms with E-state index in [1.54, 1.807) is 24.3 Å². The van der Waals surface area contributed by atoms with Gasteiger partial charge in [-0.05, 0) is 31.5 Å². The van der Waals surface area contributed by atoms with E-state index in [0.717, 1.165) is 6.42 Å². The second-order valence-corrected chi connectivity index (χ2v) is 6.24. The van der Waals surface area contributed by atoms with Crippen LogP contribution in [0.5, 0.6) is 11.5 Å². The molecule has 0 fully saturated rings. The van der Waals surface area contributed by atoms with E-state index in [1.807, 2.05) is 24.3 Å². The number of ether oxygens (including phenoxy) is 2. The number of carbonyl (C=O) groups is 2. The Labute approximate surface area is 152 Å². The number of esters is 2. The van der Waals surface area contributed by atoms with E-state index < -0.39 is 23.9 Å². The van der Waals surface area contributed by atoms with Crippen LogP contribution in [0.3, 0.4) is 0 Å². The minimum absolute atomic E-state index is 0.435. The Morgan fingerprint density at radius 2 is 1.58 bits per heavy atom. The zero-order valence-corrected chi connectivity index (χ0v) is 14.4. The lowest BCUT2D eigenvalue weighted by molar-refractivity contribution is -0.161. The zero-order valence-electron chi connectivity index (χ0n) is 14.4. The molecule has 0 aromatic heterocycles. The van der Waals surface area contributed by atoms with Gasteiger partial charge in [-0.15, -0.1) is 0 Å². The third-order valence-corrected chi connectivity index (χ3v) is 4.39. The minimum Gasteiger partial charge on any atom is -0.457 e. The van der Waals surface area contributed by atoms with Crippen LogP contribution in [0.4, 0.5) is 0 Å². The average Bonchev–Trinajstić information content (AvgIpc) is 2.65. The number of hydrogen-bond acceptors (Lipinski definition) is 6. The summed E-state index contributed by atoms with van der Waals surface area (Å²) in [5, 5.41) is 0. The molecule has 0 amide bonds. The summed E-state index contributed by atoms with van der Waals surface area (Å²) in [7, 11) is 0. The number of benzene rings is 2. The number of hydrogen-bond donors (Lipinski definition) is 2. The van der Waals surface area contributed by atoms with Crippen LogP contribution in [0.15, 0.2) is 48.5 Å². The molecule has 6 heteroatoms. The lowest BCUT2D eigenvalue weighted by atomic mass is 9.88. The maximum atomic E-state index is 12.8. The van der Waals surface area contributed by atoms with Gasteiger partial charge in [0.25, 0.3) is 0 Å². The Morgan fingerprint density at radius 1 is 1.00 bits per heavy atom. The molecule has 0 aliphatic carbocycles. The highest BCUT2D eigenvalue weighted by molar-refractivity contribution is 5.94. The third-order valence-electron chi connectivity index (χ3n) is 4.39. The van der Waals surface area contributed by atoms with Crippen LogP contribution in [-0.4, -0.2) is 24.5 Å². The molecule has 2 aromatic rings. The second kappa shape index (κ2) is 8.12. The normalized spacial score (nSPS) is 13.9. The summed E-state index contributed by atoms with van der Waals surface area (Å²) in [4.78, 5) is 25.0. The van der Waals surface area contributed by atoms with Gasteiger partial charge in [0, 0.05) is 11.1 Å². The molecule has 0 bridgehead atoms. The fraction of sp³-hybridized carbons (Fsp3) is 0.300. The predicted molar refractivity (Wildman–Crippen MR) is 96.8 cm³/mol. The van der Waals surface area contributed by atoms with Crippen LogP contribution < -0.4 is 16.2 Å². The number of para-hydroxylation sites is 2. The molecule has 1 aliphatic heterocycles. The number of fused-ring (bicyclic) bond motifs is 2. The van der Waals surface area contributed by atoms with E-state index in [0.29, 0.717) is 42.0 Å². The Balaban J connectivity index is 1.80. The van der Waals surface area contributed by atoms with E-state index in [4.69, 9.17) is 20.9 Å². The Hall–Kier alpha value is -2.70. The summed E-state index contributed by atoms with van der Waals surface area (Å²) in [6.45, 7) is 0.538. The van der Waals surface area contributed by atoms with Gasteiger partial charge in [-0.3, -0.25) is 4.79 Å². The van der Waals surface area contributed by atoms with Gasteiger partial charge in [0.1, 0.15) is 23.5 Å².